The van der Waals surface area contributed by atoms with Gasteiger partial charge in [0, 0.05) is 28.7 Å². The molecule has 0 atom stereocenters. The van der Waals surface area contributed by atoms with Gasteiger partial charge in [-0.3, -0.25) is 4.57 Å². The molecule has 6 heteroatoms. The summed E-state index contributed by atoms with van der Waals surface area (Å²) >= 11 is 15.3. The second kappa shape index (κ2) is 5.72. The number of hydrogen-bond donors (Lipinski definition) is 0. The summed E-state index contributed by atoms with van der Waals surface area (Å²) in [6.45, 7) is 0. The highest BCUT2D eigenvalue weighted by Crippen LogP contribution is 2.24. The fourth-order valence-corrected chi connectivity index (χ4v) is 2.69. The third kappa shape index (κ3) is 2.55. The second-order valence-electron chi connectivity index (χ2n) is 4.28. The van der Waals surface area contributed by atoms with E-state index in [1.165, 1.54) is 0 Å². The van der Waals surface area contributed by atoms with Gasteiger partial charge in [0.1, 0.15) is 11.3 Å². The predicted octanol–water partition coefficient (Wildman–Crippen LogP) is 4.62. The van der Waals surface area contributed by atoms with E-state index in [0.717, 1.165) is 27.1 Å². The Hall–Kier alpha value is -1.10. The van der Waals surface area contributed by atoms with Gasteiger partial charge in [-0.25, -0.2) is 9.97 Å². The molecule has 0 saturated heterocycles. The molecule has 2 heterocycles. The molecule has 0 aliphatic carbocycles. The minimum atomic E-state index is 0.508. The summed E-state index contributed by atoms with van der Waals surface area (Å²) in [5.74, 6) is 1.39. The molecule has 0 unspecified atom stereocenters. The molecule has 3 rings (SSSR count). The number of nitrogens with zero attached hydrogens (tertiary/aromatic N) is 3. The summed E-state index contributed by atoms with van der Waals surface area (Å²) in [5.41, 5.74) is 2.57. The lowest BCUT2D eigenvalue weighted by atomic mass is 10.3. The van der Waals surface area contributed by atoms with Crippen LogP contribution in [0.25, 0.3) is 16.9 Å². The Morgan fingerprint density at radius 2 is 1.95 bits per heavy atom. The van der Waals surface area contributed by atoms with Gasteiger partial charge in [0.05, 0.1) is 5.02 Å². The van der Waals surface area contributed by atoms with Crippen LogP contribution in [0.5, 0.6) is 0 Å². The average molecular weight is 371 g/mol. The molecule has 0 aliphatic heterocycles. The highest BCUT2D eigenvalue weighted by atomic mass is 79.9. The molecular formula is C14H10BrCl2N3. The number of fused-ring (bicyclic) bond motifs is 1. The topological polar surface area (TPSA) is 30.7 Å². The van der Waals surface area contributed by atoms with E-state index in [1.54, 1.807) is 6.20 Å². The van der Waals surface area contributed by atoms with E-state index in [1.807, 2.05) is 34.9 Å². The van der Waals surface area contributed by atoms with E-state index in [9.17, 15) is 0 Å². The maximum Gasteiger partial charge on any atom is 0.164 e. The summed E-state index contributed by atoms with van der Waals surface area (Å²) < 4.78 is 3.04. The molecule has 3 aromatic rings. The van der Waals surface area contributed by atoms with E-state index < -0.39 is 0 Å². The van der Waals surface area contributed by atoms with Crippen LogP contribution in [0.2, 0.25) is 5.02 Å². The Labute approximate surface area is 134 Å². The van der Waals surface area contributed by atoms with Crippen molar-refractivity contribution in [1.82, 2.24) is 14.5 Å². The lowest BCUT2D eigenvalue weighted by molar-refractivity contribution is 0.905. The van der Waals surface area contributed by atoms with E-state index in [0.29, 0.717) is 17.3 Å². The maximum absolute atomic E-state index is 5.98. The molecule has 0 aliphatic rings. The zero-order valence-electron chi connectivity index (χ0n) is 10.4. The van der Waals surface area contributed by atoms with Crippen LogP contribution < -0.4 is 0 Å². The Morgan fingerprint density at radius 3 is 2.65 bits per heavy atom. The van der Waals surface area contributed by atoms with Crippen molar-refractivity contribution in [2.45, 2.75) is 6.42 Å². The van der Waals surface area contributed by atoms with Gasteiger partial charge in [0.15, 0.2) is 5.65 Å². The highest BCUT2D eigenvalue weighted by Gasteiger charge is 2.13. The van der Waals surface area contributed by atoms with Crippen molar-refractivity contribution in [1.29, 1.82) is 0 Å². The third-order valence-electron chi connectivity index (χ3n) is 2.94. The van der Waals surface area contributed by atoms with Gasteiger partial charge in [-0.2, -0.15) is 0 Å². The Balaban J connectivity index is 2.25. The normalized spacial score (nSPS) is 11.2. The molecule has 1 aromatic carbocycles. The number of halogens is 3. The van der Waals surface area contributed by atoms with Gasteiger partial charge < -0.3 is 0 Å². The molecular weight excluding hydrogens is 361 g/mol. The number of imidazole rings is 1. The SMILES string of the molecule is ClCCc1nc2cc(Cl)cnc2n1-c1ccc(Br)cc1. The van der Waals surface area contributed by atoms with Crippen LogP contribution in [0, 0.1) is 0 Å². The first-order valence-corrected chi connectivity index (χ1v) is 7.74. The monoisotopic (exact) mass is 369 g/mol. The maximum atomic E-state index is 5.98. The van der Waals surface area contributed by atoms with Crippen LogP contribution in [0.4, 0.5) is 0 Å². The molecule has 0 bridgehead atoms. The molecule has 0 fully saturated rings. The number of aromatic nitrogens is 3. The van der Waals surface area contributed by atoms with Crippen LogP contribution >= 0.6 is 39.1 Å². The van der Waals surface area contributed by atoms with E-state index in [-0.39, 0.29) is 0 Å². The molecule has 0 N–H and O–H groups in total. The Kier molecular flexibility index (Phi) is 3.96. The zero-order chi connectivity index (χ0) is 14.1. The van der Waals surface area contributed by atoms with Crippen molar-refractivity contribution in [2.75, 3.05) is 5.88 Å². The molecule has 0 radical (unpaired) electrons. The van der Waals surface area contributed by atoms with Crippen LogP contribution in [-0.4, -0.2) is 20.4 Å². The summed E-state index contributed by atoms with van der Waals surface area (Å²) in [7, 11) is 0. The van der Waals surface area contributed by atoms with Gasteiger partial charge in [-0.1, -0.05) is 27.5 Å². The number of rotatable bonds is 3. The Bertz CT molecular complexity index is 753. The van der Waals surface area contributed by atoms with Crippen molar-refractivity contribution in [3.63, 3.8) is 0 Å². The molecule has 20 heavy (non-hydrogen) atoms. The van der Waals surface area contributed by atoms with Crippen molar-refractivity contribution < 1.29 is 0 Å². The quantitative estimate of drug-likeness (QED) is 0.630. The fourth-order valence-electron chi connectivity index (χ4n) is 2.10. The van der Waals surface area contributed by atoms with Crippen molar-refractivity contribution in [3.8, 4) is 5.69 Å². The standard InChI is InChI=1S/C14H10BrCl2N3/c15-9-1-3-11(4-2-9)20-13(5-6-16)19-12-7-10(17)8-18-14(12)20/h1-4,7-8H,5-6H2. The predicted molar refractivity (Wildman–Crippen MR) is 86.0 cm³/mol. The fraction of sp³-hybridized carbons (Fsp3) is 0.143. The smallest absolute Gasteiger partial charge is 0.164 e. The Morgan fingerprint density at radius 1 is 1.20 bits per heavy atom. The van der Waals surface area contributed by atoms with Crippen molar-refractivity contribution >= 4 is 50.3 Å². The van der Waals surface area contributed by atoms with E-state index >= 15 is 0 Å². The highest BCUT2D eigenvalue weighted by molar-refractivity contribution is 9.10. The lowest BCUT2D eigenvalue weighted by Crippen LogP contribution is -2.02. The number of benzene rings is 1. The number of pyridine rings is 1. The van der Waals surface area contributed by atoms with Gasteiger partial charge in [-0.05, 0) is 30.3 Å². The van der Waals surface area contributed by atoms with Crippen LogP contribution in [0.15, 0.2) is 41.0 Å². The third-order valence-corrected chi connectivity index (χ3v) is 3.86. The summed E-state index contributed by atoms with van der Waals surface area (Å²) in [4.78, 5) is 8.98. The van der Waals surface area contributed by atoms with Crippen LogP contribution in [0.3, 0.4) is 0 Å². The number of aryl methyl sites for hydroxylation is 1. The van der Waals surface area contributed by atoms with Crippen molar-refractivity contribution in [3.05, 3.63) is 51.8 Å². The van der Waals surface area contributed by atoms with E-state index in [2.05, 4.69) is 25.9 Å². The van der Waals surface area contributed by atoms with E-state index in [4.69, 9.17) is 23.2 Å². The molecule has 0 spiro atoms. The van der Waals surface area contributed by atoms with Gasteiger partial charge in [0.25, 0.3) is 0 Å². The van der Waals surface area contributed by atoms with Crippen LogP contribution in [0.1, 0.15) is 5.82 Å². The minimum absolute atomic E-state index is 0.508. The summed E-state index contributed by atoms with van der Waals surface area (Å²) in [6.07, 6.45) is 2.30. The number of hydrogen-bond acceptors (Lipinski definition) is 2. The lowest BCUT2D eigenvalue weighted by Gasteiger charge is -2.08. The zero-order valence-corrected chi connectivity index (χ0v) is 13.5. The molecule has 0 amide bonds. The molecule has 2 aromatic heterocycles. The second-order valence-corrected chi connectivity index (χ2v) is 6.01. The van der Waals surface area contributed by atoms with Crippen molar-refractivity contribution in [2.24, 2.45) is 0 Å². The largest absolute Gasteiger partial charge is 0.281 e. The molecule has 3 nitrogen and oxygen atoms in total. The van der Waals surface area contributed by atoms with Crippen LogP contribution in [-0.2, 0) is 6.42 Å². The first-order chi connectivity index (χ1) is 9.69. The summed E-state index contributed by atoms with van der Waals surface area (Å²) in [6, 6.07) is 9.82. The average Bonchev–Trinajstić information content (AvgIpc) is 2.77. The van der Waals surface area contributed by atoms with Gasteiger partial charge in [-0.15, -0.1) is 11.6 Å². The molecule has 102 valence electrons. The first-order valence-electron chi connectivity index (χ1n) is 6.04. The number of alkyl halides is 1. The van der Waals surface area contributed by atoms with Gasteiger partial charge in [0.2, 0.25) is 0 Å². The molecule has 0 saturated carbocycles. The summed E-state index contributed by atoms with van der Waals surface area (Å²) in [5, 5.41) is 0.579. The minimum Gasteiger partial charge on any atom is -0.281 e. The van der Waals surface area contributed by atoms with Gasteiger partial charge >= 0.3 is 0 Å². The first kappa shape index (κ1) is 13.9.